The highest BCUT2D eigenvalue weighted by Gasteiger charge is 2.22. The van der Waals surface area contributed by atoms with Crippen molar-refractivity contribution >= 4 is 17.5 Å². The number of amides is 2. The summed E-state index contributed by atoms with van der Waals surface area (Å²) in [6.07, 6.45) is 1.51. The molecule has 0 saturated carbocycles. The van der Waals surface area contributed by atoms with E-state index in [1.165, 1.54) is 0 Å². The molecule has 6 nitrogen and oxygen atoms in total. The fraction of sp³-hybridized carbons (Fsp3) is 0.556. The number of nitrogens with two attached hydrogens (primary N) is 1. The van der Waals surface area contributed by atoms with Gasteiger partial charge in [0.2, 0.25) is 5.91 Å². The second kappa shape index (κ2) is 7.66. The average Bonchev–Trinajstić information content (AvgIpc) is 2.98. The SMILES string of the molecule is CN(CC(C)(C)CN)C(=O)COc1ccc(N2CCCC2=O)cc1. The maximum absolute atomic E-state index is 12.1. The first kappa shape index (κ1) is 18.3. The van der Waals surface area contributed by atoms with Gasteiger partial charge in [-0.3, -0.25) is 9.59 Å². The second-order valence-electron chi connectivity index (χ2n) is 7.05. The molecule has 2 N–H and O–H groups in total. The predicted octanol–water partition coefficient (Wildman–Crippen LogP) is 1.64. The zero-order chi connectivity index (χ0) is 17.7. The Morgan fingerprint density at radius 3 is 2.54 bits per heavy atom. The van der Waals surface area contributed by atoms with Gasteiger partial charge < -0.3 is 20.3 Å². The van der Waals surface area contributed by atoms with E-state index >= 15 is 0 Å². The van der Waals surface area contributed by atoms with Crippen LogP contribution in [0, 0.1) is 5.41 Å². The molecule has 1 aromatic carbocycles. The maximum Gasteiger partial charge on any atom is 0.260 e. The fourth-order valence-electron chi connectivity index (χ4n) is 2.69. The molecule has 1 fully saturated rings. The molecule has 0 bridgehead atoms. The zero-order valence-electron chi connectivity index (χ0n) is 14.7. The van der Waals surface area contributed by atoms with E-state index in [4.69, 9.17) is 10.5 Å². The molecule has 6 heteroatoms. The van der Waals surface area contributed by atoms with Crippen LogP contribution in [0.25, 0.3) is 0 Å². The maximum atomic E-state index is 12.1. The van der Waals surface area contributed by atoms with Gasteiger partial charge in [-0.05, 0) is 42.6 Å². The van der Waals surface area contributed by atoms with Crippen LogP contribution in [0.15, 0.2) is 24.3 Å². The summed E-state index contributed by atoms with van der Waals surface area (Å²) in [6, 6.07) is 7.28. The molecule has 0 aromatic heterocycles. The van der Waals surface area contributed by atoms with Crippen molar-refractivity contribution in [3.63, 3.8) is 0 Å². The standard InChI is InChI=1S/C18H27N3O3/c1-18(2,12-19)13-20(3)17(23)11-24-15-8-6-14(7-9-15)21-10-4-5-16(21)22/h6-9H,4-5,10-13,19H2,1-3H3. The molecule has 1 aliphatic heterocycles. The summed E-state index contributed by atoms with van der Waals surface area (Å²) in [5, 5.41) is 0. The third kappa shape index (κ3) is 4.71. The van der Waals surface area contributed by atoms with Gasteiger partial charge >= 0.3 is 0 Å². The highest BCUT2D eigenvalue weighted by Crippen LogP contribution is 2.24. The summed E-state index contributed by atoms with van der Waals surface area (Å²) in [6.45, 7) is 5.90. The van der Waals surface area contributed by atoms with Crippen LogP contribution in [0.3, 0.4) is 0 Å². The van der Waals surface area contributed by atoms with E-state index in [9.17, 15) is 9.59 Å². The number of benzene rings is 1. The van der Waals surface area contributed by atoms with Crippen molar-refractivity contribution in [2.24, 2.45) is 11.1 Å². The normalized spacial score (nSPS) is 14.8. The summed E-state index contributed by atoms with van der Waals surface area (Å²) in [4.78, 5) is 27.3. The Bertz CT molecular complexity index is 584. The Labute approximate surface area is 143 Å². The van der Waals surface area contributed by atoms with Crippen LogP contribution in [0.2, 0.25) is 0 Å². The Morgan fingerprint density at radius 2 is 2.00 bits per heavy atom. The van der Waals surface area contributed by atoms with E-state index in [1.807, 2.05) is 26.0 Å². The van der Waals surface area contributed by atoms with Crippen molar-refractivity contribution in [2.75, 3.05) is 38.2 Å². The number of hydrogen-bond donors (Lipinski definition) is 1. The number of nitrogens with zero attached hydrogens (tertiary/aromatic N) is 2. The van der Waals surface area contributed by atoms with Crippen LogP contribution in [-0.4, -0.2) is 50.0 Å². The monoisotopic (exact) mass is 333 g/mol. The number of rotatable bonds is 7. The lowest BCUT2D eigenvalue weighted by Crippen LogP contribution is -2.41. The molecule has 132 valence electrons. The van der Waals surface area contributed by atoms with Crippen molar-refractivity contribution in [1.82, 2.24) is 4.90 Å². The number of carbonyl (C=O) groups excluding carboxylic acids is 2. The molecule has 0 aliphatic carbocycles. The molecule has 2 rings (SSSR count). The molecule has 1 aromatic rings. The van der Waals surface area contributed by atoms with Crippen molar-refractivity contribution < 1.29 is 14.3 Å². The first-order chi connectivity index (χ1) is 11.3. The Kier molecular flexibility index (Phi) is 5.83. The van der Waals surface area contributed by atoms with Crippen molar-refractivity contribution in [3.05, 3.63) is 24.3 Å². The number of anilines is 1. The van der Waals surface area contributed by atoms with Crippen LogP contribution in [0.4, 0.5) is 5.69 Å². The number of ether oxygens (including phenoxy) is 1. The summed E-state index contributed by atoms with van der Waals surface area (Å²) in [7, 11) is 1.76. The molecular formula is C18H27N3O3. The molecule has 0 radical (unpaired) electrons. The van der Waals surface area contributed by atoms with E-state index in [2.05, 4.69) is 0 Å². The van der Waals surface area contributed by atoms with Gasteiger partial charge in [-0.1, -0.05) is 13.8 Å². The minimum absolute atomic E-state index is 0.0147. The zero-order valence-corrected chi connectivity index (χ0v) is 14.7. The van der Waals surface area contributed by atoms with E-state index < -0.39 is 0 Å². The molecule has 0 spiro atoms. The van der Waals surface area contributed by atoms with Crippen molar-refractivity contribution in [2.45, 2.75) is 26.7 Å². The fourth-order valence-corrected chi connectivity index (χ4v) is 2.69. The highest BCUT2D eigenvalue weighted by molar-refractivity contribution is 5.95. The van der Waals surface area contributed by atoms with Gasteiger partial charge in [0.15, 0.2) is 6.61 Å². The molecule has 1 heterocycles. The van der Waals surface area contributed by atoms with E-state index in [0.717, 1.165) is 18.7 Å². The average molecular weight is 333 g/mol. The number of carbonyl (C=O) groups is 2. The quantitative estimate of drug-likeness (QED) is 0.823. The minimum Gasteiger partial charge on any atom is -0.484 e. The Balaban J connectivity index is 1.85. The lowest BCUT2D eigenvalue weighted by atomic mass is 9.93. The molecule has 2 amide bonds. The molecule has 1 saturated heterocycles. The molecule has 1 aliphatic rings. The molecule has 24 heavy (non-hydrogen) atoms. The molecule has 0 unspecified atom stereocenters. The van der Waals surface area contributed by atoms with Crippen molar-refractivity contribution in [3.8, 4) is 5.75 Å². The summed E-state index contributed by atoms with van der Waals surface area (Å²) in [5.74, 6) is 0.684. The van der Waals surface area contributed by atoms with Crippen LogP contribution >= 0.6 is 0 Å². The van der Waals surface area contributed by atoms with Crippen molar-refractivity contribution in [1.29, 1.82) is 0 Å². The number of hydrogen-bond acceptors (Lipinski definition) is 4. The largest absolute Gasteiger partial charge is 0.484 e. The first-order valence-electron chi connectivity index (χ1n) is 8.30. The lowest BCUT2D eigenvalue weighted by molar-refractivity contribution is -0.133. The van der Waals surface area contributed by atoms with E-state index in [0.29, 0.717) is 25.3 Å². The first-order valence-corrected chi connectivity index (χ1v) is 8.30. The van der Waals surface area contributed by atoms with Gasteiger partial charge in [0, 0.05) is 32.2 Å². The number of likely N-dealkylation sites (N-methyl/N-ethyl adjacent to an activating group) is 1. The van der Waals surface area contributed by atoms with Crippen LogP contribution in [0.1, 0.15) is 26.7 Å². The Hall–Kier alpha value is -2.08. The summed E-state index contributed by atoms with van der Waals surface area (Å²) < 4.78 is 5.56. The van der Waals surface area contributed by atoms with Gasteiger partial charge in [-0.2, -0.15) is 0 Å². The highest BCUT2D eigenvalue weighted by atomic mass is 16.5. The third-order valence-corrected chi connectivity index (χ3v) is 4.23. The van der Waals surface area contributed by atoms with E-state index in [-0.39, 0.29) is 23.8 Å². The summed E-state index contributed by atoms with van der Waals surface area (Å²) >= 11 is 0. The molecular weight excluding hydrogens is 306 g/mol. The molecule has 0 atom stereocenters. The van der Waals surface area contributed by atoms with Gasteiger partial charge in [0.25, 0.3) is 5.91 Å². The van der Waals surface area contributed by atoms with Gasteiger partial charge in [-0.25, -0.2) is 0 Å². The third-order valence-electron chi connectivity index (χ3n) is 4.23. The van der Waals surface area contributed by atoms with E-state index in [1.54, 1.807) is 29.0 Å². The smallest absolute Gasteiger partial charge is 0.260 e. The predicted molar refractivity (Wildman–Crippen MR) is 94.0 cm³/mol. The second-order valence-corrected chi connectivity index (χ2v) is 7.05. The van der Waals surface area contributed by atoms with Gasteiger partial charge in [-0.15, -0.1) is 0 Å². The van der Waals surface area contributed by atoms with Crippen LogP contribution in [-0.2, 0) is 9.59 Å². The lowest BCUT2D eigenvalue weighted by Gasteiger charge is -2.29. The van der Waals surface area contributed by atoms with Crippen LogP contribution in [0.5, 0.6) is 5.75 Å². The summed E-state index contributed by atoms with van der Waals surface area (Å²) in [5.41, 5.74) is 6.45. The topological polar surface area (TPSA) is 75.9 Å². The Morgan fingerprint density at radius 1 is 1.33 bits per heavy atom. The van der Waals surface area contributed by atoms with Gasteiger partial charge in [0.1, 0.15) is 5.75 Å². The minimum atomic E-state index is -0.117. The van der Waals surface area contributed by atoms with Crippen LogP contribution < -0.4 is 15.4 Å². The van der Waals surface area contributed by atoms with Gasteiger partial charge in [0.05, 0.1) is 0 Å².